The Hall–Kier alpha value is -2.58. The summed E-state index contributed by atoms with van der Waals surface area (Å²) in [5, 5.41) is 39.0. The molecule has 0 bridgehead atoms. The number of benzene rings is 1. The summed E-state index contributed by atoms with van der Waals surface area (Å²) in [6, 6.07) is 5.14. The molecule has 2 rings (SSSR count). The zero-order chi connectivity index (χ0) is 15.6. The summed E-state index contributed by atoms with van der Waals surface area (Å²) >= 11 is 0. The molecule has 112 valence electrons. The molecule has 1 aromatic rings. The summed E-state index contributed by atoms with van der Waals surface area (Å²) in [6.07, 6.45) is -3.34. The first-order chi connectivity index (χ1) is 9.93. The van der Waals surface area contributed by atoms with Gasteiger partial charge in [-0.2, -0.15) is 0 Å². The van der Waals surface area contributed by atoms with Crippen molar-refractivity contribution in [1.29, 1.82) is 0 Å². The standard InChI is InChI=1S/C13H13NO7/c1-7-11(16)10(6-15)21-13(12(7)17)20-9-4-2-8(3-5-9)14(18)19/h2-6,11-13,15-17H,1H2/b10-6+/t11-,12+,13-/m0/s1. The number of aliphatic hydroxyl groups excluding tert-OH is 3. The van der Waals surface area contributed by atoms with Gasteiger partial charge in [0.2, 0.25) is 0 Å². The van der Waals surface area contributed by atoms with Gasteiger partial charge >= 0.3 is 0 Å². The molecule has 1 heterocycles. The van der Waals surface area contributed by atoms with E-state index in [0.717, 1.165) is 0 Å². The summed E-state index contributed by atoms with van der Waals surface area (Å²) < 4.78 is 10.4. The highest BCUT2D eigenvalue weighted by molar-refractivity contribution is 5.36. The lowest BCUT2D eigenvalue weighted by atomic mass is 10.0. The van der Waals surface area contributed by atoms with Crippen LogP contribution in [0.25, 0.3) is 0 Å². The fourth-order valence-corrected chi connectivity index (χ4v) is 1.75. The maximum Gasteiger partial charge on any atom is 0.270 e. The Morgan fingerprint density at radius 3 is 2.48 bits per heavy atom. The van der Waals surface area contributed by atoms with Crippen LogP contribution in [0.4, 0.5) is 5.69 Å². The third-order valence-corrected chi connectivity index (χ3v) is 2.94. The fraction of sp³-hybridized carbons (Fsp3) is 0.231. The van der Waals surface area contributed by atoms with Crippen molar-refractivity contribution in [2.45, 2.75) is 18.5 Å². The highest BCUT2D eigenvalue weighted by atomic mass is 16.7. The number of nitro benzene ring substituents is 1. The predicted molar refractivity (Wildman–Crippen MR) is 70.5 cm³/mol. The monoisotopic (exact) mass is 295 g/mol. The average molecular weight is 295 g/mol. The van der Waals surface area contributed by atoms with Gasteiger partial charge in [0.25, 0.3) is 12.0 Å². The summed E-state index contributed by atoms with van der Waals surface area (Å²) in [4.78, 5) is 9.99. The summed E-state index contributed by atoms with van der Waals surface area (Å²) in [6.45, 7) is 3.50. The molecule has 0 aliphatic carbocycles. The Morgan fingerprint density at radius 2 is 1.95 bits per heavy atom. The van der Waals surface area contributed by atoms with Crippen molar-refractivity contribution in [1.82, 2.24) is 0 Å². The molecule has 1 aliphatic rings. The highest BCUT2D eigenvalue weighted by Gasteiger charge is 2.38. The molecule has 1 aromatic carbocycles. The van der Waals surface area contributed by atoms with Gasteiger partial charge in [0.1, 0.15) is 18.1 Å². The molecule has 8 nitrogen and oxygen atoms in total. The molecule has 1 fully saturated rings. The molecule has 3 N–H and O–H groups in total. The van der Waals surface area contributed by atoms with Crippen LogP contribution >= 0.6 is 0 Å². The summed E-state index contributed by atoms with van der Waals surface area (Å²) in [5.74, 6) is 0.00309. The highest BCUT2D eigenvalue weighted by Crippen LogP contribution is 2.29. The van der Waals surface area contributed by atoms with E-state index in [1.165, 1.54) is 24.3 Å². The average Bonchev–Trinajstić information content (AvgIpc) is 2.48. The lowest BCUT2D eigenvalue weighted by molar-refractivity contribution is -0.384. The van der Waals surface area contributed by atoms with Gasteiger partial charge in [-0.05, 0) is 17.7 Å². The third kappa shape index (κ3) is 2.96. The zero-order valence-corrected chi connectivity index (χ0v) is 10.7. The second kappa shape index (κ2) is 5.81. The smallest absolute Gasteiger partial charge is 0.270 e. The van der Waals surface area contributed by atoms with Gasteiger partial charge < -0.3 is 24.8 Å². The molecule has 0 spiro atoms. The summed E-state index contributed by atoms with van der Waals surface area (Å²) in [5.41, 5.74) is -0.100. The van der Waals surface area contributed by atoms with Crippen molar-refractivity contribution >= 4 is 5.69 Å². The Bertz CT molecular complexity index is 581. The van der Waals surface area contributed by atoms with Crippen molar-refractivity contribution in [3.8, 4) is 5.75 Å². The lowest BCUT2D eigenvalue weighted by Crippen LogP contribution is -2.44. The Morgan fingerprint density at radius 1 is 1.33 bits per heavy atom. The molecule has 0 radical (unpaired) electrons. The molecular weight excluding hydrogens is 282 g/mol. The topological polar surface area (TPSA) is 122 Å². The minimum atomic E-state index is -1.33. The van der Waals surface area contributed by atoms with Crippen LogP contribution in [0.2, 0.25) is 0 Å². The summed E-state index contributed by atoms with van der Waals surface area (Å²) in [7, 11) is 0. The molecule has 8 heteroatoms. The Labute approximate surface area is 119 Å². The number of rotatable bonds is 3. The number of hydrogen-bond acceptors (Lipinski definition) is 7. The maximum atomic E-state index is 10.5. The second-order valence-corrected chi connectivity index (χ2v) is 4.31. The van der Waals surface area contributed by atoms with E-state index >= 15 is 0 Å². The third-order valence-electron chi connectivity index (χ3n) is 2.94. The molecule has 1 saturated heterocycles. The molecule has 0 saturated carbocycles. The first-order valence-corrected chi connectivity index (χ1v) is 5.91. The van der Waals surface area contributed by atoms with E-state index in [0.29, 0.717) is 6.26 Å². The predicted octanol–water partition coefficient (Wildman–Crippen LogP) is 1.01. The SMILES string of the molecule is C=C1[C@@H](O)[C@@H](Oc2ccc([N+](=O)[O-])cc2)O/C(=C/O)[C@H]1O. The van der Waals surface area contributed by atoms with Gasteiger partial charge in [-0.1, -0.05) is 6.58 Å². The van der Waals surface area contributed by atoms with Crippen LogP contribution in [-0.2, 0) is 4.74 Å². The fourth-order valence-electron chi connectivity index (χ4n) is 1.75. The van der Waals surface area contributed by atoms with E-state index in [-0.39, 0.29) is 22.8 Å². The molecular formula is C13H13NO7. The van der Waals surface area contributed by atoms with Crippen molar-refractivity contribution in [3.05, 3.63) is 58.6 Å². The first kappa shape index (κ1) is 14.8. The minimum absolute atomic E-state index is 0.00783. The largest absolute Gasteiger partial charge is 0.512 e. The normalized spacial score (nSPS) is 27.2. The van der Waals surface area contributed by atoms with Gasteiger partial charge in [0, 0.05) is 12.1 Å². The van der Waals surface area contributed by atoms with Crippen LogP contribution in [0, 0.1) is 10.1 Å². The van der Waals surface area contributed by atoms with Crippen molar-refractivity contribution in [3.63, 3.8) is 0 Å². The quantitative estimate of drug-likeness (QED) is 0.329. The number of nitro groups is 1. The number of non-ortho nitro benzene ring substituents is 1. The van der Waals surface area contributed by atoms with Crippen LogP contribution in [0.1, 0.15) is 0 Å². The van der Waals surface area contributed by atoms with Crippen molar-refractivity contribution < 1.29 is 29.7 Å². The van der Waals surface area contributed by atoms with Crippen LogP contribution in [0.3, 0.4) is 0 Å². The van der Waals surface area contributed by atoms with Crippen molar-refractivity contribution in [2.24, 2.45) is 0 Å². The lowest BCUT2D eigenvalue weighted by Gasteiger charge is -2.34. The van der Waals surface area contributed by atoms with E-state index in [1.807, 2.05) is 0 Å². The molecule has 0 unspecified atom stereocenters. The molecule has 0 amide bonds. The number of nitrogens with zero attached hydrogens (tertiary/aromatic N) is 1. The van der Waals surface area contributed by atoms with Crippen LogP contribution < -0.4 is 4.74 Å². The van der Waals surface area contributed by atoms with Gasteiger partial charge in [-0.25, -0.2) is 0 Å². The van der Waals surface area contributed by atoms with Gasteiger partial charge in [0.05, 0.1) is 4.92 Å². The second-order valence-electron chi connectivity index (χ2n) is 4.31. The molecule has 21 heavy (non-hydrogen) atoms. The maximum absolute atomic E-state index is 10.5. The molecule has 3 atom stereocenters. The van der Waals surface area contributed by atoms with Gasteiger partial charge in [0.15, 0.2) is 11.9 Å². The first-order valence-electron chi connectivity index (χ1n) is 5.91. The van der Waals surface area contributed by atoms with Gasteiger partial charge in [-0.3, -0.25) is 10.1 Å². The van der Waals surface area contributed by atoms with Crippen LogP contribution in [0.15, 0.2) is 48.4 Å². The van der Waals surface area contributed by atoms with E-state index in [1.54, 1.807) is 0 Å². The number of hydrogen-bond donors (Lipinski definition) is 3. The number of ether oxygens (including phenoxy) is 2. The van der Waals surface area contributed by atoms with Crippen LogP contribution in [0.5, 0.6) is 5.75 Å². The van der Waals surface area contributed by atoms with E-state index < -0.39 is 23.4 Å². The van der Waals surface area contributed by atoms with E-state index in [2.05, 4.69) is 6.58 Å². The Balaban J connectivity index is 2.14. The zero-order valence-electron chi connectivity index (χ0n) is 10.7. The van der Waals surface area contributed by atoms with E-state index in [4.69, 9.17) is 14.6 Å². The number of aliphatic hydroxyl groups is 3. The molecule has 0 aromatic heterocycles. The molecule has 1 aliphatic heterocycles. The Kier molecular flexibility index (Phi) is 4.10. The van der Waals surface area contributed by atoms with Crippen LogP contribution in [-0.4, -0.2) is 38.7 Å². The minimum Gasteiger partial charge on any atom is -0.512 e. The van der Waals surface area contributed by atoms with E-state index in [9.17, 15) is 20.3 Å². The van der Waals surface area contributed by atoms with Crippen molar-refractivity contribution in [2.75, 3.05) is 0 Å². The van der Waals surface area contributed by atoms with Gasteiger partial charge in [-0.15, -0.1) is 0 Å².